The topological polar surface area (TPSA) is 91.4 Å². The second-order valence-electron chi connectivity index (χ2n) is 7.46. The van der Waals surface area contributed by atoms with Crippen molar-refractivity contribution < 1.29 is 18.7 Å². The van der Waals surface area contributed by atoms with E-state index in [1.807, 2.05) is 72.2 Å². The van der Waals surface area contributed by atoms with Crippen LogP contribution in [0.4, 0.5) is 0 Å². The van der Waals surface area contributed by atoms with Crippen molar-refractivity contribution in [2.45, 2.75) is 18.2 Å². The van der Waals surface area contributed by atoms with Gasteiger partial charge in [-0.15, -0.1) is 10.2 Å². The van der Waals surface area contributed by atoms with Gasteiger partial charge >= 0.3 is 0 Å². The molecule has 0 unspecified atom stereocenters. The Kier molecular flexibility index (Phi) is 6.03. The maximum Gasteiger partial charge on any atom is 0.230 e. The summed E-state index contributed by atoms with van der Waals surface area (Å²) in [6.45, 7) is 2.63. The predicted octanol–water partition coefficient (Wildman–Crippen LogP) is 3.88. The molecule has 8 nitrogen and oxygen atoms in total. The van der Waals surface area contributed by atoms with Crippen LogP contribution in [0, 0.1) is 6.92 Å². The molecule has 2 aromatic carbocycles. The number of para-hydroxylation sites is 3. The maximum absolute atomic E-state index is 12.5. The van der Waals surface area contributed by atoms with E-state index in [0.717, 1.165) is 22.8 Å². The number of aryl methyl sites for hydroxylation is 1. The summed E-state index contributed by atoms with van der Waals surface area (Å²) in [4.78, 5) is 12.5. The molecule has 0 bridgehead atoms. The van der Waals surface area contributed by atoms with E-state index in [0.29, 0.717) is 29.9 Å². The quantitative estimate of drug-likeness (QED) is 0.417. The van der Waals surface area contributed by atoms with Crippen molar-refractivity contribution in [2.24, 2.45) is 0 Å². The van der Waals surface area contributed by atoms with Crippen molar-refractivity contribution in [3.8, 4) is 28.6 Å². The van der Waals surface area contributed by atoms with E-state index in [2.05, 4.69) is 15.5 Å². The first-order valence-electron chi connectivity index (χ1n) is 10.5. The molecule has 2 aromatic heterocycles. The fourth-order valence-corrected chi connectivity index (χ4v) is 4.32. The minimum Gasteiger partial charge on any atom is -0.486 e. The molecular formula is C24H22N4O4S. The molecule has 0 radical (unpaired) electrons. The molecular weight excluding hydrogens is 440 g/mol. The summed E-state index contributed by atoms with van der Waals surface area (Å²) < 4.78 is 19.0. The van der Waals surface area contributed by atoms with E-state index >= 15 is 0 Å². The number of nitrogens with zero attached hydrogens (tertiary/aromatic N) is 3. The molecule has 0 aliphatic carbocycles. The Morgan fingerprint density at radius 1 is 1.09 bits per heavy atom. The third-order valence-corrected chi connectivity index (χ3v) is 6.10. The number of ether oxygens (including phenoxy) is 2. The monoisotopic (exact) mass is 462 g/mol. The van der Waals surface area contributed by atoms with Gasteiger partial charge in [-0.1, -0.05) is 42.1 Å². The second kappa shape index (κ2) is 9.41. The van der Waals surface area contributed by atoms with Crippen LogP contribution < -0.4 is 14.8 Å². The zero-order chi connectivity index (χ0) is 22.6. The van der Waals surface area contributed by atoms with Crippen LogP contribution in [0.25, 0.3) is 17.1 Å². The van der Waals surface area contributed by atoms with Gasteiger partial charge in [-0.3, -0.25) is 9.36 Å². The number of hydrogen-bond donors (Lipinski definition) is 1. The molecule has 1 aliphatic rings. The number of furan rings is 1. The van der Waals surface area contributed by atoms with Gasteiger partial charge in [0.25, 0.3) is 0 Å². The summed E-state index contributed by atoms with van der Waals surface area (Å²) in [6.07, 6.45) is 1.39. The first kappa shape index (κ1) is 21.1. The van der Waals surface area contributed by atoms with Gasteiger partial charge in [-0.25, -0.2) is 0 Å². The molecule has 0 saturated carbocycles. The van der Waals surface area contributed by atoms with Gasteiger partial charge in [0.15, 0.2) is 22.5 Å². The normalized spacial score (nSPS) is 14.8. The highest BCUT2D eigenvalue weighted by Crippen LogP contribution is 2.31. The zero-order valence-electron chi connectivity index (χ0n) is 17.9. The molecule has 3 heterocycles. The SMILES string of the molecule is Cc1occc1-c1nnc(SCC(=O)NC[C@H]2COc3ccccc3O2)n1-c1ccccc1. The molecule has 0 fully saturated rings. The van der Waals surface area contributed by atoms with Gasteiger partial charge in [0.2, 0.25) is 5.91 Å². The lowest BCUT2D eigenvalue weighted by Gasteiger charge is -2.26. The van der Waals surface area contributed by atoms with Gasteiger partial charge in [-0.2, -0.15) is 0 Å². The fraction of sp³-hybridized carbons (Fsp3) is 0.208. The number of amides is 1. The number of rotatable bonds is 7. The van der Waals surface area contributed by atoms with Crippen LogP contribution in [0.15, 0.2) is 76.5 Å². The van der Waals surface area contributed by atoms with E-state index in [9.17, 15) is 4.79 Å². The van der Waals surface area contributed by atoms with Gasteiger partial charge in [0.1, 0.15) is 18.5 Å². The molecule has 1 amide bonds. The van der Waals surface area contributed by atoms with Gasteiger partial charge in [0, 0.05) is 5.69 Å². The molecule has 0 spiro atoms. The molecule has 1 N–H and O–H groups in total. The molecule has 1 atom stereocenters. The van der Waals surface area contributed by atoms with Crippen LogP contribution in [0.3, 0.4) is 0 Å². The molecule has 9 heteroatoms. The summed E-state index contributed by atoms with van der Waals surface area (Å²) in [5, 5.41) is 12.3. The van der Waals surface area contributed by atoms with Crippen molar-refractivity contribution in [3.05, 3.63) is 72.7 Å². The first-order valence-corrected chi connectivity index (χ1v) is 11.5. The minimum absolute atomic E-state index is 0.119. The molecule has 5 rings (SSSR count). The second-order valence-corrected chi connectivity index (χ2v) is 8.40. The van der Waals surface area contributed by atoms with E-state index in [4.69, 9.17) is 13.9 Å². The van der Waals surface area contributed by atoms with Crippen molar-refractivity contribution in [2.75, 3.05) is 18.9 Å². The third kappa shape index (κ3) is 4.58. The smallest absolute Gasteiger partial charge is 0.230 e. The van der Waals surface area contributed by atoms with Crippen LogP contribution >= 0.6 is 11.8 Å². The highest BCUT2D eigenvalue weighted by atomic mass is 32.2. The van der Waals surface area contributed by atoms with Crippen LogP contribution in [0.2, 0.25) is 0 Å². The Hall–Kier alpha value is -3.72. The first-order chi connectivity index (χ1) is 16.2. The maximum atomic E-state index is 12.5. The van der Waals surface area contributed by atoms with Crippen molar-refractivity contribution in [1.29, 1.82) is 0 Å². The Balaban J connectivity index is 1.25. The molecule has 4 aromatic rings. The Labute approximate surface area is 194 Å². The number of thioether (sulfide) groups is 1. The van der Waals surface area contributed by atoms with E-state index in [1.165, 1.54) is 11.8 Å². The number of fused-ring (bicyclic) bond motifs is 1. The lowest BCUT2D eigenvalue weighted by atomic mass is 10.2. The summed E-state index contributed by atoms with van der Waals surface area (Å²) in [7, 11) is 0. The zero-order valence-corrected chi connectivity index (χ0v) is 18.7. The Morgan fingerprint density at radius 2 is 1.88 bits per heavy atom. The molecule has 0 saturated heterocycles. The van der Waals surface area contributed by atoms with Gasteiger partial charge in [-0.05, 0) is 37.3 Å². The largest absolute Gasteiger partial charge is 0.486 e. The third-order valence-electron chi connectivity index (χ3n) is 5.17. The Bertz CT molecular complexity index is 1250. The van der Waals surface area contributed by atoms with Crippen LogP contribution in [0.5, 0.6) is 11.5 Å². The highest BCUT2D eigenvalue weighted by molar-refractivity contribution is 7.99. The molecule has 168 valence electrons. The van der Waals surface area contributed by atoms with E-state index in [1.54, 1.807) is 6.26 Å². The van der Waals surface area contributed by atoms with Crippen molar-refractivity contribution in [3.63, 3.8) is 0 Å². The predicted molar refractivity (Wildman–Crippen MR) is 124 cm³/mol. The lowest BCUT2D eigenvalue weighted by molar-refractivity contribution is -0.119. The van der Waals surface area contributed by atoms with E-state index in [-0.39, 0.29) is 17.8 Å². The number of hydrogen-bond acceptors (Lipinski definition) is 7. The van der Waals surface area contributed by atoms with Crippen molar-refractivity contribution in [1.82, 2.24) is 20.1 Å². The number of carbonyl (C=O) groups is 1. The van der Waals surface area contributed by atoms with E-state index < -0.39 is 0 Å². The highest BCUT2D eigenvalue weighted by Gasteiger charge is 2.22. The standard InChI is InChI=1S/C24H22N4O4S/c1-16-19(11-12-30-16)23-26-27-24(28(23)17-7-3-2-4-8-17)33-15-22(29)25-13-18-14-31-20-9-5-6-10-21(20)32-18/h2-12,18H,13-15H2,1H3,(H,25,29)/t18-/m0/s1. The summed E-state index contributed by atoms with van der Waals surface area (Å²) in [5.74, 6) is 2.91. The summed E-state index contributed by atoms with van der Waals surface area (Å²) in [5.41, 5.74) is 1.77. The van der Waals surface area contributed by atoms with Gasteiger partial charge in [0.05, 0.1) is 24.1 Å². The average Bonchev–Trinajstić information content (AvgIpc) is 3.47. The average molecular weight is 463 g/mol. The summed E-state index contributed by atoms with van der Waals surface area (Å²) >= 11 is 1.32. The molecule has 1 aliphatic heterocycles. The number of nitrogens with one attached hydrogen (secondary N) is 1. The van der Waals surface area contributed by atoms with Crippen LogP contribution in [-0.2, 0) is 4.79 Å². The number of carbonyl (C=O) groups excluding carboxylic acids is 1. The van der Waals surface area contributed by atoms with Gasteiger partial charge < -0.3 is 19.2 Å². The molecule has 33 heavy (non-hydrogen) atoms. The number of benzene rings is 2. The lowest BCUT2D eigenvalue weighted by Crippen LogP contribution is -2.41. The van der Waals surface area contributed by atoms with Crippen LogP contribution in [0.1, 0.15) is 5.76 Å². The van der Waals surface area contributed by atoms with Crippen molar-refractivity contribution >= 4 is 17.7 Å². The number of aromatic nitrogens is 3. The summed E-state index contributed by atoms with van der Waals surface area (Å²) in [6, 6.07) is 19.2. The Morgan fingerprint density at radius 3 is 2.67 bits per heavy atom. The minimum atomic E-state index is -0.238. The fourth-order valence-electron chi connectivity index (χ4n) is 3.54. The van der Waals surface area contributed by atoms with Crippen LogP contribution in [-0.4, -0.2) is 45.7 Å².